The van der Waals surface area contributed by atoms with E-state index in [0.717, 1.165) is 25.9 Å². The molecule has 19 heavy (non-hydrogen) atoms. The van der Waals surface area contributed by atoms with Crippen LogP contribution in [0.1, 0.15) is 47.5 Å². The molecule has 0 aromatic heterocycles. The number of nitrogens with zero attached hydrogens (tertiary/aromatic N) is 2. The summed E-state index contributed by atoms with van der Waals surface area (Å²) in [5.74, 6) is 0.855. The van der Waals surface area contributed by atoms with Gasteiger partial charge in [-0.2, -0.15) is 0 Å². The van der Waals surface area contributed by atoms with E-state index in [4.69, 9.17) is 0 Å². The molecule has 1 aliphatic rings. The fraction of sp³-hybridized carbons (Fsp3) is 0.933. The van der Waals surface area contributed by atoms with Crippen LogP contribution >= 0.6 is 0 Å². The Kier molecular flexibility index (Phi) is 6.27. The maximum absolute atomic E-state index is 12.2. The van der Waals surface area contributed by atoms with Gasteiger partial charge in [0.1, 0.15) is 0 Å². The molecule has 1 heterocycles. The number of carbonyl (C=O) groups is 1. The maximum atomic E-state index is 12.2. The number of carbonyl (C=O) groups excluding carboxylic acids is 1. The molecule has 1 saturated heterocycles. The van der Waals surface area contributed by atoms with Gasteiger partial charge in [0, 0.05) is 19.1 Å². The van der Waals surface area contributed by atoms with E-state index in [1.165, 1.54) is 0 Å². The Morgan fingerprint density at radius 2 is 2.00 bits per heavy atom. The zero-order valence-corrected chi connectivity index (χ0v) is 13.4. The summed E-state index contributed by atoms with van der Waals surface area (Å²) in [7, 11) is 2.14. The van der Waals surface area contributed by atoms with Crippen LogP contribution in [0.5, 0.6) is 0 Å². The van der Waals surface area contributed by atoms with Crippen LogP contribution in [0.25, 0.3) is 0 Å². The molecule has 1 amide bonds. The number of rotatable bonds is 7. The molecule has 4 nitrogen and oxygen atoms in total. The largest absolute Gasteiger partial charge is 0.325 e. The van der Waals surface area contributed by atoms with Crippen LogP contribution < -0.4 is 5.32 Å². The van der Waals surface area contributed by atoms with Gasteiger partial charge in [-0.3, -0.25) is 10.1 Å². The van der Waals surface area contributed by atoms with Crippen LogP contribution in [0, 0.1) is 5.92 Å². The first-order valence-electron chi connectivity index (χ1n) is 7.63. The Morgan fingerprint density at radius 1 is 1.37 bits per heavy atom. The molecule has 0 spiro atoms. The van der Waals surface area contributed by atoms with Crippen molar-refractivity contribution in [1.29, 1.82) is 0 Å². The molecule has 4 heteroatoms. The highest BCUT2D eigenvalue weighted by molar-refractivity contribution is 5.83. The fourth-order valence-corrected chi connectivity index (χ4v) is 2.56. The molecule has 3 atom stereocenters. The zero-order valence-electron chi connectivity index (χ0n) is 13.4. The molecular weight excluding hydrogens is 238 g/mol. The van der Waals surface area contributed by atoms with Crippen molar-refractivity contribution < 1.29 is 4.79 Å². The molecule has 1 rings (SSSR count). The number of nitrogens with one attached hydrogen (secondary N) is 1. The lowest BCUT2D eigenvalue weighted by Gasteiger charge is -2.30. The van der Waals surface area contributed by atoms with Gasteiger partial charge in [-0.1, -0.05) is 20.8 Å². The molecule has 0 aromatic carbocycles. The quantitative estimate of drug-likeness (QED) is 0.767. The van der Waals surface area contributed by atoms with E-state index in [0.29, 0.717) is 12.0 Å². The van der Waals surface area contributed by atoms with Gasteiger partial charge in [0.05, 0.1) is 12.2 Å². The van der Waals surface area contributed by atoms with Gasteiger partial charge in [-0.05, 0) is 39.7 Å². The Balaban J connectivity index is 2.55. The average Bonchev–Trinajstić information content (AvgIpc) is 2.60. The van der Waals surface area contributed by atoms with Gasteiger partial charge in [0.25, 0.3) is 0 Å². The van der Waals surface area contributed by atoms with Gasteiger partial charge < -0.3 is 9.80 Å². The van der Waals surface area contributed by atoms with Crippen molar-refractivity contribution in [1.82, 2.24) is 15.1 Å². The minimum Gasteiger partial charge on any atom is -0.325 e. The van der Waals surface area contributed by atoms with Crippen LogP contribution in [0.2, 0.25) is 0 Å². The zero-order chi connectivity index (χ0) is 14.6. The summed E-state index contributed by atoms with van der Waals surface area (Å²) < 4.78 is 0. The highest BCUT2D eigenvalue weighted by atomic mass is 16.2. The third kappa shape index (κ3) is 4.46. The van der Waals surface area contributed by atoms with E-state index in [2.05, 4.69) is 45.0 Å². The molecule has 0 aromatic rings. The van der Waals surface area contributed by atoms with Gasteiger partial charge in [-0.25, -0.2) is 0 Å². The van der Waals surface area contributed by atoms with Gasteiger partial charge in [0.2, 0.25) is 5.91 Å². The van der Waals surface area contributed by atoms with Crippen molar-refractivity contribution in [3.8, 4) is 0 Å². The molecule has 0 aliphatic carbocycles. The molecule has 1 N–H and O–H groups in total. The van der Waals surface area contributed by atoms with E-state index < -0.39 is 0 Å². The SMILES string of the molecule is CCC(C)N(C)CCN1C(=O)C(C)NC1CC(C)C. The second-order valence-electron chi connectivity index (χ2n) is 6.30. The molecule has 3 unspecified atom stereocenters. The van der Waals surface area contributed by atoms with Gasteiger partial charge in [0.15, 0.2) is 0 Å². The number of hydrogen-bond donors (Lipinski definition) is 1. The predicted octanol–water partition coefficient (Wildman–Crippen LogP) is 1.91. The lowest BCUT2D eigenvalue weighted by atomic mass is 10.1. The lowest BCUT2D eigenvalue weighted by molar-refractivity contribution is -0.130. The van der Waals surface area contributed by atoms with Crippen molar-refractivity contribution in [3.05, 3.63) is 0 Å². The van der Waals surface area contributed by atoms with Crippen molar-refractivity contribution in [2.75, 3.05) is 20.1 Å². The number of amides is 1. The summed E-state index contributed by atoms with van der Waals surface area (Å²) in [5.41, 5.74) is 0. The van der Waals surface area contributed by atoms with Gasteiger partial charge in [-0.15, -0.1) is 0 Å². The summed E-state index contributed by atoms with van der Waals surface area (Å²) in [6.45, 7) is 12.6. The molecule has 0 radical (unpaired) electrons. The minimum absolute atomic E-state index is 0.0299. The predicted molar refractivity (Wildman–Crippen MR) is 79.9 cm³/mol. The van der Waals surface area contributed by atoms with Crippen LogP contribution in [-0.2, 0) is 4.79 Å². The second kappa shape index (κ2) is 7.25. The summed E-state index contributed by atoms with van der Waals surface area (Å²) in [6.07, 6.45) is 2.39. The van der Waals surface area contributed by atoms with E-state index >= 15 is 0 Å². The first kappa shape index (κ1) is 16.4. The second-order valence-corrected chi connectivity index (χ2v) is 6.30. The Labute approximate surface area is 118 Å². The van der Waals surface area contributed by atoms with Crippen molar-refractivity contribution in [2.24, 2.45) is 5.92 Å². The monoisotopic (exact) mass is 269 g/mol. The fourth-order valence-electron chi connectivity index (χ4n) is 2.56. The van der Waals surface area contributed by atoms with Gasteiger partial charge >= 0.3 is 0 Å². The first-order chi connectivity index (χ1) is 8.86. The third-order valence-electron chi connectivity index (χ3n) is 4.20. The molecule has 112 valence electrons. The first-order valence-corrected chi connectivity index (χ1v) is 7.63. The highest BCUT2D eigenvalue weighted by Gasteiger charge is 2.36. The molecular formula is C15H31N3O. The summed E-state index contributed by atoms with van der Waals surface area (Å²) in [4.78, 5) is 16.6. The third-order valence-corrected chi connectivity index (χ3v) is 4.20. The number of hydrogen-bond acceptors (Lipinski definition) is 3. The van der Waals surface area contributed by atoms with Crippen molar-refractivity contribution in [3.63, 3.8) is 0 Å². The van der Waals surface area contributed by atoms with Crippen LogP contribution in [-0.4, -0.2) is 54.1 Å². The van der Waals surface area contributed by atoms with Crippen LogP contribution in [0.15, 0.2) is 0 Å². The maximum Gasteiger partial charge on any atom is 0.240 e. The lowest BCUT2D eigenvalue weighted by Crippen LogP contribution is -2.43. The van der Waals surface area contributed by atoms with Crippen molar-refractivity contribution >= 4 is 5.91 Å². The standard InChI is InChI=1S/C15H31N3O/c1-7-12(4)17(6)8-9-18-14(10-11(2)3)16-13(5)15(18)19/h11-14,16H,7-10H2,1-6H3. The molecule has 0 bridgehead atoms. The van der Waals surface area contributed by atoms with Crippen LogP contribution in [0.3, 0.4) is 0 Å². The Bertz CT molecular complexity index is 293. The molecule has 1 fully saturated rings. The summed E-state index contributed by atoms with van der Waals surface area (Å²) >= 11 is 0. The normalized spacial score (nSPS) is 25.7. The number of likely N-dealkylation sites (N-methyl/N-ethyl adjacent to an activating group) is 1. The molecule has 0 saturated carbocycles. The Morgan fingerprint density at radius 3 is 2.53 bits per heavy atom. The highest BCUT2D eigenvalue weighted by Crippen LogP contribution is 2.17. The summed E-state index contributed by atoms with van der Waals surface area (Å²) in [5, 5.41) is 3.41. The van der Waals surface area contributed by atoms with E-state index in [9.17, 15) is 4.79 Å². The van der Waals surface area contributed by atoms with E-state index in [1.54, 1.807) is 0 Å². The Hall–Kier alpha value is -0.610. The average molecular weight is 269 g/mol. The minimum atomic E-state index is -0.0299. The van der Waals surface area contributed by atoms with Crippen molar-refractivity contribution in [2.45, 2.75) is 65.7 Å². The van der Waals surface area contributed by atoms with Crippen LogP contribution in [0.4, 0.5) is 0 Å². The van der Waals surface area contributed by atoms with E-state index in [1.807, 2.05) is 11.8 Å². The van der Waals surface area contributed by atoms with E-state index in [-0.39, 0.29) is 18.1 Å². The molecule has 1 aliphatic heterocycles. The summed E-state index contributed by atoms with van der Waals surface area (Å²) in [6, 6.07) is 0.546. The topological polar surface area (TPSA) is 35.6 Å². The smallest absolute Gasteiger partial charge is 0.240 e.